The first-order valence-electron chi connectivity index (χ1n) is 5.28. The number of carbonyl (C=O) groups is 1. The summed E-state index contributed by atoms with van der Waals surface area (Å²) < 4.78 is 1.58. The van der Waals surface area contributed by atoms with E-state index in [1.165, 1.54) is 0 Å². The smallest absolute Gasteiger partial charge is 0.241 e. The van der Waals surface area contributed by atoms with Crippen LogP contribution in [-0.4, -0.2) is 22.7 Å². The van der Waals surface area contributed by atoms with Gasteiger partial charge in [0, 0.05) is 30.1 Å². The second-order valence-corrected chi connectivity index (χ2v) is 3.69. The minimum Gasteiger partial charge on any atom is -0.398 e. The number of likely N-dealkylation sites (N-methyl/N-ethyl adjacent to an activating group) is 1. The van der Waals surface area contributed by atoms with Gasteiger partial charge in [0.2, 0.25) is 5.91 Å². The quantitative estimate of drug-likeness (QED) is 0.769. The standard InChI is InChI=1S/C12H14N4O/c1-14-12(17)8-16-7-9(6-15-16)10-4-2-3-5-11(10)13/h2-7H,8,13H2,1H3,(H,14,17). The van der Waals surface area contributed by atoms with E-state index in [1.54, 1.807) is 24.1 Å². The van der Waals surface area contributed by atoms with E-state index in [4.69, 9.17) is 5.73 Å². The number of hydrogen-bond donors (Lipinski definition) is 2. The fourth-order valence-electron chi connectivity index (χ4n) is 1.58. The summed E-state index contributed by atoms with van der Waals surface area (Å²) in [6.07, 6.45) is 3.51. The molecular weight excluding hydrogens is 216 g/mol. The predicted molar refractivity (Wildman–Crippen MR) is 66.1 cm³/mol. The van der Waals surface area contributed by atoms with Crippen LogP contribution in [0.1, 0.15) is 0 Å². The Morgan fingerprint density at radius 1 is 1.47 bits per heavy atom. The van der Waals surface area contributed by atoms with Gasteiger partial charge in [-0.15, -0.1) is 0 Å². The largest absolute Gasteiger partial charge is 0.398 e. The summed E-state index contributed by atoms with van der Waals surface area (Å²) >= 11 is 0. The van der Waals surface area contributed by atoms with E-state index in [1.807, 2.05) is 24.3 Å². The van der Waals surface area contributed by atoms with E-state index >= 15 is 0 Å². The molecule has 0 fully saturated rings. The minimum absolute atomic E-state index is 0.0827. The number of rotatable bonds is 3. The van der Waals surface area contributed by atoms with Gasteiger partial charge in [-0.3, -0.25) is 9.48 Å². The van der Waals surface area contributed by atoms with Crippen molar-refractivity contribution in [2.75, 3.05) is 12.8 Å². The molecule has 2 rings (SSSR count). The predicted octanol–water partition coefficient (Wildman–Crippen LogP) is 0.878. The maximum absolute atomic E-state index is 11.2. The number of amides is 1. The molecule has 0 atom stereocenters. The maximum Gasteiger partial charge on any atom is 0.241 e. The molecule has 0 saturated heterocycles. The molecule has 0 spiro atoms. The summed E-state index contributed by atoms with van der Waals surface area (Å²) in [5.41, 5.74) is 8.41. The fraction of sp³-hybridized carbons (Fsp3) is 0.167. The summed E-state index contributed by atoms with van der Waals surface area (Å²) in [6, 6.07) is 7.57. The Morgan fingerprint density at radius 2 is 2.24 bits per heavy atom. The first-order chi connectivity index (χ1) is 8.20. The van der Waals surface area contributed by atoms with Gasteiger partial charge in [0.25, 0.3) is 0 Å². The lowest BCUT2D eigenvalue weighted by molar-refractivity contribution is -0.121. The summed E-state index contributed by atoms with van der Waals surface area (Å²) in [7, 11) is 1.60. The number of hydrogen-bond acceptors (Lipinski definition) is 3. The van der Waals surface area contributed by atoms with E-state index < -0.39 is 0 Å². The van der Waals surface area contributed by atoms with Crippen molar-refractivity contribution >= 4 is 11.6 Å². The monoisotopic (exact) mass is 230 g/mol. The van der Waals surface area contributed by atoms with E-state index in [2.05, 4.69) is 10.4 Å². The Kier molecular flexibility index (Phi) is 3.09. The van der Waals surface area contributed by atoms with Crippen molar-refractivity contribution in [3.63, 3.8) is 0 Å². The van der Waals surface area contributed by atoms with Gasteiger partial charge in [-0.2, -0.15) is 5.10 Å². The molecule has 5 nitrogen and oxygen atoms in total. The van der Waals surface area contributed by atoms with Crippen molar-refractivity contribution in [1.82, 2.24) is 15.1 Å². The number of para-hydroxylation sites is 1. The SMILES string of the molecule is CNC(=O)Cn1cc(-c2ccccc2N)cn1. The van der Waals surface area contributed by atoms with Gasteiger partial charge in [0.15, 0.2) is 0 Å². The van der Waals surface area contributed by atoms with Crippen LogP contribution in [0.25, 0.3) is 11.1 Å². The molecule has 0 aliphatic rings. The Balaban J connectivity index is 2.24. The number of anilines is 1. The third kappa shape index (κ3) is 2.44. The molecule has 1 heterocycles. The number of nitrogens with zero attached hydrogens (tertiary/aromatic N) is 2. The zero-order valence-electron chi connectivity index (χ0n) is 9.55. The molecule has 1 aromatic carbocycles. The van der Waals surface area contributed by atoms with Crippen LogP contribution in [0, 0.1) is 0 Å². The second kappa shape index (κ2) is 4.69. The Labute approximate surface area is 99.2 Å². The molecular formula is C12H14N4O. The molecule has 17 heavy (non-hydrogen) atoms. The van der Waals surface area contributed by atoms with E-state index in [9.17, 15) is 4.79 Å². The highest BCUT2D eigenvalue weighted by molar-refractivity contribution is 5.77. The van der Waals surface area contributed by atoms with Gasteiger partial charge in [0.05, 0.1) is 6.20 Å². The van der Waals surface area contributed by atoms with Crippen LogP contribution >= 0.6 is 0 Å². The van der Waals surface area contributed by atoms with Crippen LogP contribution < -0.4 is 11.1 Å². The summed E-state index contributed by atoms with van der Waals surface area (Å²) in [5, 5.41) is 6.67. The molecule has 5 heteroatoms. The normalized spacial score (nSPS) is 10.2. The van der Waals surface area contributed by atoms with Gasteiger partial charge >= 0.3 is 0 Å². The lowest BCUT2D eigenvalue weighted by Gasteiger charge is -2.01. The van der Waals surface area contributed by atoms with E-state index in [0.717, 1.165) is 11.1 Å². The number of aromatic nitrogens is 2. The summed E-state index contributed by atoms with van der Waals surface area (Å²) in [6.45, 7) is 0.212. The number of nitrogen functional groups attached to an aromatic ring is 1. The minimum atomic E-state index is -0.0827. The Bertz CT molecular complexity index is 533. The summed E-state index contributed by atoms with van der Waals surface area (Å²) in [4.78, 5) is 11.2. The lowest BCUT2D eigenvalue weighted by Crippen LogP contribution is -2.23. The zero-order chi connectivity index (χ0) is 12.3. The second-order valence-electron chi connectivity index (χ2n) is 3.69. The molecule has 88 valence electrons. The lowest BCUT2D eigenvalue weighted by atomic mass is 10.1. The topological polar surface area (TPSA) is 72.9 Å². The van der Waals surface area contributed by atoms with Gasteiger partial charge < -0.3 is 11.1 Å². The number of carbonyl (C=O) groups excluding carboxylic acids is 1. The maximum atomic E-state index is 11.2. The zero-order valence-corrected chi connectivity index (χ0v) is 9.55. The number of nitrogens with one attached hydrogen (secondary N) is 1. The molecule has 3 N–H and O–H groups in total. The first kappa shape index (κ1) is 11.2. The van der Waals surface area contributed by atoms with Crippen LogP contribution in [0.5, 0.6) is 0 Å². The van der Waals surface area contributed by atoms with Crippen LogP contribution in [0.2, 0.25) is 0 Å². The van der Waals surface area contributed by atoms with Crippen molar-refractivity contribution in [1.29, 1.82) is 0 Å². The average Bonchev–Trinajstić information content (AvgIpc) is 2.78. The summed E-state index contributed by atoms with van der Waals surface area (Å²) in [5.74, 6) is -0.0827. The molecule has 0 aliphatic heterocycles. The van der Waals surface area contributed by atoms with E-state index in [-0.39, 0.29) is 12.5 Å². The van der Waals surface area contributed by atoms with Crippen LogP contribution in [-0.2, 0) is 11.3 Å². The molecule has 1 aromatic heterocycles. The van der Waals surface area contributed by atoms with Crippen molar-refractivity contribution in [2.24, 2.45) is 0 Å². The van der Waals surface area contributed by atoms with Crippen molar-refractivity contribution < 1.29 is 4.79 Å². The molecule has 0 aliphatic carbocycles. The van der Waals surface area contributed by atoms with Crippen LogP contribution in [0.15, 0.2) is 36.7 Å². The van der Waals surface area contributed by atoms with Gasteiger partial charge in [-0.25, -0.2) is 0 Å². The van der Waals surface area contributed by atoms with Gasteiger partial charge in [-0.1, -0.05) is 18.2 Å². The van der Waals surface area contributed by atoms with Crippen LogP contribution in [0.4, 0.5) is 5.69 Å². The Hall–Kier alpha value is -2.30. The van der Waals surface area contributed by atoms with Crippen molar-refractivity contribution in [3.05, 3.63) is 36.7 Å². The third-order valence-corrected chi connectivity index (χ3v) is 2.49. The molecule has 2 aromatic rings. The molecule has 1 amide bonds. The van der Waals surface area contributed by atoms with Crippen LogP contribution in [0.3, 0.4) is 0 Å². The highest BCUT2D eigenvalue weighted by Gasteiger charge is 2.06. The molecule has 0 radical (unpaired) electrons. The molecule has 0 unspecified atom stereocenters. The van der Waals surface area contributed by atoms with Crippen molar-refractivity contribution in [3.8, 4) is 11.1 Å². The Morgan fingerprint density at radius 3 is 2.94 bits per heavy atom. The van der Waals surface area contributed by atoms with E-state index in [0.29, 0.717) is 5.69 Å². The average molecular weight is 230 g/mol. The van der Waals surface area contributed by atoms with Gasteiger partial charge in [-0.05, 0) is 6.07 Å². The highest BCUT2D eigenvalue weighted by Crippen LogP contribution is 2.24. The number of nitrogens with two attached hydrogens (primary N) is 1. The van der Waals surface area contributed by atoms with Crippen molar-refractivity contribution in [2.45, 2.75) is 6.54 Å². The molecule has 0 saturated carbocycles. The number of benzene rings is 1. The van der Waals surface area contributed by atoms with Gasteiger partial charge in [0.1, 0.15) is 6.54 Å². The fourth-order valence-corrected chi connectivity index (χ4v) is 1.58. The third-order valence-electron chi connectivity index (χ3n) is 2.49. The first-order valence-corrected chi connectivity index (χ1v) is 5.28. The highest BCUT2D eigenvalue weighted by atomic mass is 16.1. The molecule has 0 bridgehead atoms.